The molecule has 2 aromatic rings. The van der Waals surface area contributed by atoms with E-state index in [-0.39, 0.29) is 0 Å². The van der Waals surface area contributed by atoms with Crippen LogP contribution in [0.4, 0.5) is 0 Å². The molecule has 2 nitrogen and oxygen atoms in total. The SMILES string of the molecule is Cc1cc(Br)cc2[nH]c(CN)cc12. The van der Waals surface area contributed by atoms with Crippen molar-refractivity contribution in [1.82, 2.24) is 4.98 Å². The van der Waals surface area contributed by atoms with Gasteiger partial charge in [0.2, 0.25) is 0 Å². The van der Waals surface area contributed by atoms with Gasteiger partial charge in [-0.3, -0.25) is 0 Å². The Labute approximate surface area is 85.3 Å². The third-order valence-electron chi connectivity index (χ3n) is 2.19. The molecule has 3 heteroatoms. The van der Waals surface area contributed by atoms with Crippen LogP contribution >= 0.6 is 15.9 Å². The summed E-state index contributed by atoms with van der Waals surface area (Å²) < 4.78 is 1.10. The lowest BCUT2D eigenvalue weighted by Crippen LogP contribution is -1.94. The minimum absolute atomic E-state index is 0.561. The zero-order valence-electron chi connectivity index (χ0n) is 7.39. The van der Waals surface area contributed by atoms with E-state index in [1.165, 1.54) is 10.9 Å². The monoisotopic (exact) mass is 238 g/mol. The van der Waals surface area contributed by atoms with Crippen molar-refractivity contribution in [2.45, 2.75) is 13.5 Å². The van der Waals surface area contributed by atoms with Crippen LogP contribution in [0, 0.1) is 6.92 Å². The van der Waals surface area contributed by atoms with Gasteiger partial charge in [-0.05, 0) is 30.7 Å². The van der Waals surface area contributed by atoms with Gasteiger partial charge in [0.25, 0.3) is 0 Å². The molecular formula is C10H11BrN2. The fourth-order valence-corrected chi connectivity index (χ4v) is 2.11. The van der Waals surface area contributed by atoms with Gasteiger partial charge in [0, 0.05) is 27.6 Å². The van der Waals surface area contributed by atoms with Crippen LogP contribution in [-0.2, 0) is 6.54 Å². The van der Waals surface area contributed by atoms with Gasteiger partial charge in [-0.2, -0.15) is 0 Å². The highest BCUT2D eigenvalue weighted by molar-refractivity contribution is 9.10. The molecule has 0 aliphatic rings. The molecule has 13 heavy (non-hydrogen) atoms. The lowest BCUT2D eigenvalue weighted by molar-refractivity contribution is 1.02. The van der Waals surface area contributed by atoms with E-state index in [1.807, 2.05) is 0 Å². The number of fused-ring (bicyclic) bond motifs is 1. The number of aromatic amines is 1. The van der Waals surface area contributed by atoms with Crippen LogP contribution in [0.2, 0.25) is 0 Å². The van der Waals surface area contributed by atoms with Crippen LogP contribution in [0.3, 0.4) is 0 Å². The summed E-state index contributed by atoms with van der Waals surface area (Å²) >= 11 is 3.46. The second-order valence-electron chi connectivity index (χ2n) is 3.18. The van der Waals surface area contributed by atoms with Crippen molar-refractivity contribution in [1.29, 1.82) is 0 Å². The number of hydrogen-bond donors (Lipinski definition) is 2. The molecule has 68 valence electrons. The number of benzene rings is 1. The molecule has 0 aliphatic heterocycles. The first-order valence-electron chi connectivity index (χ1n) is 4.18. The Morgan fingerprint density at radius 2 is 2.15 bits per heavy atom. The summed E-state index contributed by atoms with van der Waals surface area (Å²) in [6.45, 7) is 2.66. The first kappa shape index (κ1) is 8.78. The van der Waals surface area contributed by atoms with E-state index in [1.54, 1.807) is 0 Å². The summed E-state index contributed by atoms with van der Waals surface area (Å²) in [5, 5.41) is 1.25. The summed E-state index contributed by atoms with van der Waals surface area (Å²) in [7, 11) is 0. The van der Waals surface area contributed by atoms with Gasteiger partial charge in [0.05, 0.1) is 0 Å². The molecule has 0 amide bonds. The predicted molar refractivity (Wildman–Crippen MR) is 58.6 cm³/mol. The standard InChI is InChI=1S/C10H11BrN2/c1-6-2-7(11)3-10-9(6)4-8(5-12)13-10/h2-4,13H,5,12H2,1H3. The Morgan fingerprint density at radius 3 is 2.85 bits per heavy atom. The summed E-state index contributed by atoms with van der Waals surface area (Å²) in [4.78, 5) is 3.27. The van der Waals surface area contributed by atoms with Crippen LogP contribution < -0.4 is 5.73 Å². The lowest BCUT2D eigenvalue weighted by Gasteiger charge is -1.96. The first-order valence-corrected chi connectivity index (χ1v) is 4.98. The molecule has 0 bridgehead atoms. The molecule has 0 saturated heterocycles. The number of nitrogens with one attached hydrogen (secondary N) is 1. The molecule has 1 aromatic heterocycles. The molecule has 3 N–H and O–H groups in total. The summed E-state index contributed by atoms with van der Waals surface area (Å²) in [5.74, 6) is 0. The van der Waals surface area contributed by atoms with E-state index >= 15 is 0 Å². The predicted octanol–water partition coefficient (Wildman–Crippen LogP) is 2.70. The van der Waals surface area contributed by atoms with E-state index in [2.05, 4.69) is 46.0 Å². The van der Waals surface area contributed by atoms with Crippen LogP contribution in [0.25, 0.3) is 10.9 Å². The summed E-state index contributed by atoms with van der Waals surface area (Å²) in [5.41, 5.74) is 9.05. The zero-order chi connectivity index (χ0) is 9.42. The Hall–Kier alpha value is -0.800. The van der Waals surface area contributed by atoms with Gasteiger partial charge in [0.1, 0.15) is 0 Å². The molecule has 0 saturated carbocycles. The second kappa shape index (κ2) is 3.16. The normalized spacial score (nSPS) is 11.0. The van der Waals surface area contributed by atoms with Crippen molar-refractivity contribution < 1.29 is 0 Å². The maximum absolute atomic E-state index is 5.56. The Morgan fingerprint density at radius 1 is 1.38 bits per heavy atom. The molecule has 0 spiro atoms. The van der Waals surface area contributed by atoms with E-state index in [4.69, 9.17) is 5.73 Å². The van der Waals surface area contributed by atoms with Crippen molar-refractivity contribution >= 4 is 26.8 Å². The molecule has 0 radical (unpaired) electrons. The average Bonchev–Trinajstić information content (AvgIpc) is 2.47. The maximum Gasteiger partial charge on any atom is 0.0470 e. The Balaban J connectivity index is 2.75. The molecule has 0 atom stereocenters. The number of aryl methyl sites for hydroxylation is 1. The number of halogens is 1. The highest BCUT2D eigenvalue weighted by Crippen LogP contribution is 2.24. The van der Waals surface area contributed by atoms with Crippen molar-refractivity contribution in [3.05, 3.63) is 33.9 Å². The van der Waals surface area contributed by atoms with Crippen LogP contribution in [0.15, 0.2) is 22.7 Å². The van der Waals surface area contributed by atoms with Gasteiger partial charge in [-0.25, -0.2) is 0 Å². The number of aromatic nitrogens is 1. The minimum atomic E-state index is 0.561. The van der Waals surface area contributed by atoms with Crippen LogP contribution in [0.1, 0.15) is 11.3 Å². The van der Waals surface area contributed by atoms with E-state index in [9.17, 15) is 0 Å². The molecule has 1 aromatic carbocycles. The van der Waals surface area contributed by atoms with Gasteiger partial charge in [-0.1, -0.05) is 15.9 Å². The average molecular weight is 239 g/mol. The fraction of sp³-hybridized carbons (Fsp3) is 0.200. The topological polar surface area (TPSA) is 41.8 Å². The number of hydrogen-bond acceptors (Lipinski definition) is 1. The zero-order valence-corrected chi connectivity index (χ0v) is 8.98. The van der Waals surface area contributed by atoms with Crippen molar-refractivity contribution in [3.63, 3.8) is 0 Å². The van der Waals surface area contributed by atoms with Crippen LogP contribution in [0.5, 0.6) is 0 Å². The first-order chi connectivity index (χ1) is 6.20. The van der Waals surface area contributed by atoms with E-state index < -0.39 is 0 Å². The third-order valence-corrected chi connectivity index (χ3v) is 2.64. The molecular weight excluding hydrogens is 228 g/mol. The number of rotatable bonds is 1. The van der Waals surface area contributed by atoms with Gasteiger partial charge >= 0.3 is 0 Å². The fourth-order valence-electron chi connectivity index (χ4n) is 1.54. The van der Waals surface area contributed by atoms with Crippen LogP contribution in [-0.4, -0.2) is 4.98 Å². The van der Waals surface area contributed by atoms with E-state index in [0.29, 0.717) is 6.54 Å². The van der Waals surface area contributed by atoms with Gasteiger partial charge in [0.15, 0.2) is 0 Å². The number of nitrogens with two attached hydrogens (primary N) is 1. The second-order valence-corrected chi connectivity index (χ2v) is 4.10. The number of H-pyrrole nitrogens is 1. The highest BCUT2D eigenvalue weighted by Gasteiger charge is 2.02. The maximum atomic E-state index is 5.56. The van der Waals surface area contributed by atoms with Crippen molar-refractivity contribution in [2.24, 2.45) is 5.73 Å². The van der Waals surface area contributed by atoms with E-state index in [0.717, 1.165) is 15.7 Å². The minimum Gasteiger partial charge on any atom is -0.357 e. The lowest BCUT2D eigenvalue weighted by atomic mass is 10.1. The quantitative estimate of drug-likeness (QED) is 0.789. The summed E-state index contributed by atoms with van der Waals surface area (Å²) in [6, 6.07) is 6.29. The Kier molecular flexibility index (Phi) is 2.14. The molecule has 0 fully saturated rings. The van der Waals surface area contributed by atoms with Gasteiger partial charge in [-0.15, -0.1) is 0 Å². The van der Waals surface area contributed by atoms with Crippen molar-refractivity contribution in [2.75, 3.05) is 0 Å². The smallest absolute Gasteiger partial charge is 0.0470 e. The Bertz CT molecular complexity index is 445. The third kappa shape index (κ3) is 1.49. The largest absolute Gasteiger partial charge is 0.357 e. The molecule has 2 rings (SSSR count). The van der Waals surface area contributed by atoms with Crippen molar-refractivity contribution in [3.8, 4) is 0 Å². The highest BCUT2D eigenvalue weighted by atomic mass is 79.9. The van der Waals surface area contributed by atoms with Gasteiger partial charge < -0.3 is 10.7 Å². The summed E-state index contributed by atoms with van der Waals surface area (Å²) in [6.07, 6.45) is 0. The molecule has 0 aliphatic carbocycles. The molecule has 1 heterocycles. The molecule has 0 unspecified atom stereocenters.